The maximum atomic E-state index is 12.2. The summed E-state index contributed by atoms with van der Waals surface area (Å²) in [4.78, 5) is 5.21. The Morgan fingerprint density at radius 1 is 1.20 bits per heavy atom. The topological polar surface area (TPSA) is 78.7 Å². The zero-order chi connectivity index (χ0) is 14.8. The summed E-state index contributed by atoms with van der Waals surface area (Å²) in [6.07, 6.45) is 0. The number of hydrogen-bond donors (Lipinski definition) is 2. The van der Waals surface area contributed by atoms with Crippen molar-refractivity contribution in [3.05, 3.63) is 29.8 Å². The molecule has 2 rings (SSSR count). The van der Waals surface area contributed by atoms with E-state index >= 15 is 0 Å². The SMILES string of the molecule is CN1CCN(NS(=O)(=O)c2ccc(C(N)=S)cc2)CC1. The molecule has 3 N–H and O–H groups in total. The minimum atomic E-state index is -3.55. The third-order valence-corrected chi connectivity index (χ3v) is 4.83. The van der Waals surface area contributed by atoms with Gasteiger partial charge in [0.2, 0.25) is 0 Å². The Bertz CT molecular complexity index is 578. The molecule has 1 aromatic carbocycles. The highest BCUT2D eigenvalue weighted by Gasteiger charge is 2.21. The molecule has 0 bridgehead atoms. The molecule has 0 spiro atoms. The Kier molecular flexibility index (Phi) is 4.71. The second-order valence-electron chi connectivity index (χ2n) is 4.77. The normalized spacial score (nSPS) is 18.1. The van der Waals surface area contributed by atoms with Crippen LogP contribution in [0.3, 0.4) is 0 Å². The number of hydrogen-bond acceptors (Lipinski definition) is 5. The van der Waals surface area contributed by atoms with Gasteiger partial charge in [0.05, 0.1) is 4.90 Å². The van der Waals surface area contributed by atoms with Crippen molar-refractivity contribution < 1.29 is 8.42 Å². The molecule has 1 aliphatic rings. The van der Waals surface area contributed by atoms with Crippen molar-refractivity contribution in [2.75, 3.05) is 33.2 Å². The zero-order valence-corrected chi connectivity index (χ0v) is 12.9. The lowest BCUT2D eigenvalue weighted by molar-refractivity contribution is 0.135. The van der Waals surface area contributed by atoms with Crippen LogP contribution in [0.25, 0.3) is 0 Å². The molecule has 6 nitrogen and oxygen atoms in total. The number of rotatable bonds is 4. The fraction of sp³-hybridized carbons (Fsp3) is 0.417. The average molecular weight is 314 g/mol. The third kappa shape index (κ3) is 3.74. The number of piperazine rings is 1. The highest BCUT2D eigenvalue weighted by molar-refractivity contribution is 7.89. The molecule has 0 aliphatic carbocycles. The van der Waals surface area contributed by atoms with Crippen LogP contribution < -0.4 is 10.6 Å². The van der Waals surface area contributed by atoms with Gasteiger partial charge in [-0.05, 0) is 19.2 Å². The molecule has 1 aromatic rings. The lowest BCUT2D eigenvalue weighted by Crippen LogP contribution is -2.52. The number of thiocarbonyl (C=S) groups is 1. The molecule has 1 fully saturated rings. The predicted octanol–water partition coefficient (Wildman–Crippen LogP) is -0.238. The second kappa shape index (κ2) is 6.15. The largest absolute Gasteiger partial charge is 0.389 e. The van der Waals surface area contributed by atoms with Gasteiger partial charge < -0.3 is 10.6 Å². The Balaban J connectivity index is 2.08. The van der Waals surface area contributed by atoms with Gasteiger partial charge in [-0.2, -0.15) is 0 Å². The van der Waals surface area contributed by atoms with Gasteiger partial charge in [0.15, 0.2) is 0 Å². The first-order chi connectivity index (χ1) is 9.38. The van der Waals surface area contributed by atoms with E-state index in [1.807, 2.05) is 7.05 Å². The molecule has 0 radical (unpaired) electrons. The third-order valence-electron chi connectivity index (χ3n) is 3.20. The molecule has 20 heavy (non-hydrogen) atoms. The van der Waals surface area contributed by atoms with Crippen molar-refractivity contribution >= 4 is 27.2 Å². The minimum absolute atomic E-state index is 0.205. The van der Waals surface area contributed by atoms with Crippen molar-refractivity contribution in [1.29, 1.82) is 0 Å². The van der Waals surface area contributed by atoms with Crippen molar-refractivity contribution in [2.24, 2.45) is 5.73 Å². The lowest BCUT2D eigenvalue weighted by Gasteiger charge is -2.32. The van der Waals surface area contributed by atoms with Crippen molar-refractivity contribution in [3.8, 4) is 0 Å². The molecule has 8 heteroatoms. The summed E-state index contributed by atoms with van der Waals surface area (Å²) in [5, 5.41) is 1.72. The first-order valence-electron chi connectivity index (χ1n) is 6.24. The number of likely N-dealkylation sites (N-methyl/N-ethyl adjacent to an activating group) is 1. The summed E-state index contributed by atoms with van der Waals surface area (Å²) in [7, 11) is -1.53. The monoisotopic (exact) mass is 314 g/mol. The van der Waals surface area contributed by atoms with E-state index < -0.39 is 10.0 Å². The van der Waals surface area contributed by atoms with Gasteiger partial charge in [-0.1, -0.05) is 24.4 Å². The van der Waals surface area contributed by atoms with E-state index in [0.29, 0.717) is 18.7 Å². The van der Waals surface area contributed by atoms with Crippen LogP contribution in [0.15, 0.2) is 29.2 Å². The van der Waals surface area contributed by atoms with Crippen LogP contribution >= 0.6 is 12.2 Å². The molecule has 0 atom stereocenters. The van der Waals surface area contributed by atoms with Crippen LogP contribution in [0.2, 0.25) is 0 Å². The molecular weight excluding hydrogens is 296 g/mol. The minimum Gasteiger partial charge on any atom is -0.389 e. The fourth-order valence-electron chi connectivity index (χ4n) is 1.92. The van der Waals surface area contributed by atoms with Crippen molar-refractivity contribution in [2.45, 2.75) is 4.90 Å². The number of nitrogens with two attached hydrogens (primary N) is 1. The maximum absolute atomic E-state index is 12.2. The van der Waals surface area contributed by atoms with Gasteiger partial charge in [-0.3, -0.25) is 0 Å². The molecule has 110 valence electrons. The van der Waals surface area contributed by atoms with E-state index in [1.165, 1.54) is 12.1 Å². The standard InChI is InChI=1S/C12H18N4O2S2/c1-15-6-8-16(9-7-15)14-20(17,18)11-4-2-10(3-5-11)12(13)19/h2-5,14H,6-9H2,1H3,(H2,13,19). The van der Waals surface area contributed by atoms with Crippen LogP contribution in [-0.4, -0.2) is 56.5 Å². The summed E-state index contributed by atoms with van der Waals surface area (Å²) < 4.78 is 24.5. The predicted molar refractivity (Wildman–Crippen MR) is 81.7 cm³/mol. The first kappa shape index (κ1) is 15.3. The van der Waals surface area contributed by atoms with Crippen LogP contribution in [0.4, 0.5) is 0 Å². The molecule has 0 aromatic heterocycles. The smallest absolute Gasteiger partial charge is 0.253 e. The lowest BCUT2D eigenvalue weighted by atomic mass is 10.2. The number of nitrogens with one attached hydrogen (secondary N) is 1. The average Bonchev–Trinajstić information content (AvgIpc) is 2.41. The summed E-state index contributed by atoms with van der Waals surface area (Å²) in [6.45, 7) is 3.01. The van der Waals surface area contributed by atoms with Gasteiger partial charge in [0.1, 0.15) is 4.99 Å². The highest BCUT2D eigenvalue weighted by atomic mass is 32.2. The van der Waals surface area contributed by atoms with Gasteiger partial charge in [-0.25, -0.2) is 13.4 Å². The Labute approximate surface area is 124 Å². The molecule has 1 aliphatic heterocycles. The highest BCUT2D eigenvalue weighted by Crippen LogP contribution is 2.11. The molecule has 0 unspecified atom stereocenters. The maximum Gasteiger partial charge on any atom is 0.253 e. The molecule has 0 saturated carbocycles. The summed E-state index contributed by atoms with van der Waals surface area (Å²) in [5.41, 5.74) is 6.14. The Hall–Kier alpha value is -1.06. The number of hydrazine groups is 1. The van der Waals surface area contributed by atoms with Gasteiger partial charge in [0, 0.05) is 31.7 Å². The van der Waals surface area contributed by atoms with Gasteiger partial charge in [-0.15, -0.1) is 4.83 Å². The van der Waals surface area contributed by atoms with E-state index in [2.05, 4.69) is 9.73 Å². The zero-order valence-electron chi connectivity index (χ0n) is 11.2. The van der Waals surface area contributed by atoms with Crippen LogP contribution in [-0.2, 0) is 10.0 Å². The van der Waals surface area contributed by atoms with E-state index in [0.717, 1.165) is 13.1 Å². The molecule has 1 heterocycles. The Morgan fingerprint density at radius 2 is 1.75 bits per heavy atom. The Morgan fingerprint density at radius 3 is 2.25 bits per heavy atom. The van der Waals surface area contributed by atoms with Crippen LogP contribution in [0.5, 0.6) is 0 Å². The van der Waals surface area contributed by atoms with Gasteiger partial charge in [0.25, 0.3) is 10.0 Å². The van der Waals surface area contributed by atoms with Gasteiger partial charge >= 0.3 is 0 Å². The molecular formula is C12H18N4O2S2. The van der Waals surface area contributed by atoms with E-state index in [9.17, 15) is 8.42 Å². The van der Waals surface area contributed by atoms with E-state index in [1.54, 1.807) is 17.1 Å². The van der Waals surface area contributed by atoms with Crippen LogP contribution in [0, 0.1) is 0 Å². The van der Waals surface area contributed by atoms with E-state index in [4.69, 9.17) is 18.0 Å². The second-order valence-corrected chi connectivity index (χ2v) is 6.87. The number of sulfonamides is 1. The summed E-state index contributed by atoms with van der Waals surface area (Å²) in [6, 6.07) is 6.24. The van der Waals surface area contributed by atoms with E-state index in [-0.39, 0.29) is 9.88 Å². The van der Waals surface area contributed by atoms with Crippen molar-refractivity contribution in [1.82, 2.24) is 14.7 Å². The molecule has 0 amide bonds. The summed E-state index contributed by atoms with van der Waals surface area (Å²) in [5.74, 6) is 0. The van der Waals surface area contributed by atoms with Crippen LogP contribution in [0.1, 0.15) is 5.56 Å². The number of benzene rings is 1. The fourth-order valence-corrected chi connectivity index (χ4v) is 3.18. The molecule has 1 saturated heterocycles. The quantitative estimate of drug-likeness (QED) is 0.747. The number of nitrogens with zero attached hydrogens (tertiary/aromatic N) is 2. The summed E-state index contributed by atoms with van der Waals surface area (Å²) >= 11 is 4.84. The first-order valence-corrected chi connectivity index (χ1v) is 8.13. The van der Waals surface area contributed by atoms with Crippen molar-refractivity contribution in [3.63, 3.8) is 0 Å².